The predicted octanol–water partition coefficient (Wildman–Crippen LogP) is 2.25. The molecule has 0 radical (unpaired) electrons. The van der Waals surface area contributed by atoms with Gasteiger partial charge < -0.3 is 10.5 Å². The maximum Gasteiger partial charge on any atom is 0.0789 e. The van der Waals surface area contributed by atoms with E-state index in [1.54, 1.807) is 0 Å². The van der Waals surface area contributed by atoms with Crippen molar-refractivity contribution in [1.82, 2.24) is 4.90 Å². The lowest BCUT2D eigenvalue weighted by Gasteiger charge is -2.38. The molecule has 0 aromatic carbocycles. The van der Waals surface area contributed by atoms with Crippen LogP contribution < -0.4 is 5.73 Å². The second-order valence-electron chi connectivity index (χ2n) is 7.47. The fourth-order valence-electron chi connectivity index (χ4n) is 3.07. The molecule has 1 saturated heterocycles. The first kappa shape index (κ1) is 14.9. The number of hydrogen-bond acceptors (Lipinski definition) is 3. The molecule has 0 saturated carbocycles. The van der Waals surface area contributed by atoms with Gasteiger partial charge in [-0.2, -0.15) is 0 Å². The summed E-state index contributed by atoms with van der Waals surface area (Å²) in [6.07, 6.45) is 1.08. The first-order valence-electron chi connectivity index (χ1n) is 6.60. The zero-order valence-electron chi connectivity index (χ0n) is 12.6. The van der Waals surface area contributed by atoms with Crippen molar-refractivity contribution >= 4 is 0 Å². The van der Waals surface area contributed by atoms with Crippen LogP contribution in [0.4, 0.5) is 0 Å². The Kier molecular flexibility index (Phi) is 3.98. The fourth-order valence-corrected chi connectivity index (χ4v) is 3.07. The van der Waals surface area contributed by atoms with Crippen LogP contribution in [-0.2, 0) is 4.74 Å². The van der Waals surface area contributed by atoms with Crippen molar-refractivity contribution < 1.29 is 4.74 Å². The molecule has 3 heteroatoms. The van der Waals surface area contributed by atoms with E-state index in [0.717, 1.165) is 19.5 Å². The van der Waals surface area contributed by atoms with Gasteiger partial charge in [0.15, 0.2) is 0 Å². The molecule has 1 aliphatic rings. The van der Waals surface area contributed by atoms with Gasteiger partial charge in [-0.3, -0.25) is 4.90 Å². The van der Waals surface area contributed by atoms with Gasteiger partial charge in [0, 0.05) is 12.6 Å². The number of likely N-dealkylation sites (N-methyl/N-ethyl adjacent to an activating group) is 1. The van der Waals surface area contributed by atoms with Crippen molar-refractivity contribution in [3.05, 3.63) is 0 Å². The molecule has 0 aliphatic carbocycles. The number of nitrogens with two attached hydrogens (primary N) is 1. The van der Waals surface area contributed by atoms with E-state index in [2.05, 4.69) is 53.5 Å². The molecule has 0 aromatic heterocycles. The summed E-state index contributed by atoms with van der Waals surface area (Å²) in [6.45, 7) is 14.9. The van der Waals surface area contributed by atoms with E-state index in [4.69, 9.17) is 10.5 Å². The van der Waals surface area contributed by atoms with Crippen LogP contribution >= 0.6 is 0 Å². The summed E-state index contributed by atoms with van der Waals surface area (Å²) in [7, 11) is 2.19. The van der Waals surface area contributed by atoms with Gasteiger partial charge in [-0.15, -0.1) is 0 Å². The van der Waals surface area contributed by atoms with E-state index in [0.29, 0.717) is 6.04 Å². The Labute approximate surface area is 107 Å². The summed E-state index contributed by atoms with van der Waals surface area (Å²) >= 11 is 0. The van der Waals surface area contributed by atoms with Crippen LogP contribution in [0.15, 0.2) is 0 Å². The monoisotopic (exact) mass is 242 g/mol. The van der Waals surface area contributed by atoms with E-state index in [1.165, 1.54) is 0 Å². The van der Waals surface area contributed by atoms with Crippen LogP contribution in [-0.4, -0.2) is 42.3 Å². The summed E-state index contributed by atoms with van der Waals surface area (Å²) in [5, 5.41) is 0. The summed E-state index contributed by atoms with van der Waals surface area (Å²) in [5.74, 6) is 0. The van der Waals surface area contributed by atoms with Crippen molar-refractivity contribution in [2.75, 3.05) is 20.1 Å². The average molecular weight is 242 g/mol. The van der Waals surface area contributed by atoms with E-state index < -0.39 is 0 Å². The lowest BCUT2D eigenvalue weighted by molar-refractivity contribution is -0.0802. The average Bonchev–Trinajstić information content (AvgIpc) is 2.33. The minimum atomic E-state index is -0.0804. The third kappa shape index (κ3) is 3.67. The molecule has 1 rings (SSSR count). The zero-order chi connectivity index (χ0) is 13.5. The third-order valence-corrected chi connectivity index (χ3v) is 3.79. The summed E-state index contributed by atoms with van der Waals surface area (Å²) < 4.78 is 6.15. The molecule has 0 aromatic rings. The minimum Gasteiger partial charge on any atom is -0.368 e. The van der Waals surface area contributed by atoms with E-state index >= 15 is 0 Å². The SMILES string of the molecule is CN(CC(C)(C)CN)C1CC(C)(C)OC1(C)C. The van der Waals surface area contributed by atoms with Crippen molar-refractivity contribution in [3.63, 3.8) is 0 Å². The molecule has 1 aliphatic heterocycles. The smallest absolute Gasteiger partial charge is 0.0789 e. The van der Waals surface area contributed by atoms with Crippen molar-refractivity contribution in [2.24, 2.45) is 11.1 Å². The normalized spacial score (nSPS) is 27.7. The van der Waals surface area contributed by atoms with Crippen LogP contribution in [0.1, 0.15) is 48.0 Å². The Morgan fingerprint density at radius 1 is 1.29 bits per heavy atom. The van der Waals surface area contributed by atoms with Gasteiger partial charge >= 0.3 is 0 Å². The molecule has 1 unspecified atom stereocenters. The lowest BCUT2D eigenvalue weighted by Crippen LogP contribution is -2.48. The van der Waals surface area contributed by atoms with Gasteiger partial charge in [-0.05, 0) is 53.1 Å². The van der Waals surface area contributed by atoms with Crippen LogP contribution in [0, 0.1) is 5.41 Å². The third-order valence-electron chi connectivity index (χ3n) is 3.79. The molecule has 1 fully saturated rings. The van der Waals surface area contributed by atoms with Crippen LogP contribution in [0.5, 0.6) is 0 Å². The van der Waals surface area contributed by atoms with Gasteiger partial charge in [0.05, 0.1) is 11.2 Å². The molecule has 1 heterocycles. The highest BCUT2D eigenvalue weighted by Crippen LogP contribution is 2.40. The molecule has 1 atom stereocenters. The second kappa shape index (κ2) is 4.52. The zero-order valence-corrected chi connectivity index (χ0v) is 12.6. The number of rotatable bonds is 4. The topological polar surface area (TPSA) is 38.5 Å². The molecule has 17 heavy (non-hydrogen) atoms. The minimum absolute atomic E-state index is 0.0186. The predicted molar refractivity (Wildman–Crippen MR) is 73.1 cm³/mol. The Bertz CT molecular complexity index is 271. The fraction of sp³-hybridized carbons (Fsp3) is 1.00. The Morgan fingerprint density at radius 3 is 2.18 bits per heavy atom. The standard InChI is InChI=1S/C14H30N2O/c1-12(2,9-15)10-16(7)11-8-13(3,4)17-14(11,5)6/h11H,8-10,15H2,1-7H3. The summed E-state index contributed by atoms with van der Waals surface area (Å²) in [4.78, 5) is 2.42. The summed E-state index contributed by atoms with van der Waals surface area (Å²) in [5.41, 5.74) is 5.88. The van der Waals surface area contributed by atoms with Gasteiger partial charge in [0.25, 0.3) is 0 Å². The Hall–Kier alpha value is -0.120. The van der Waals surface area contributed by atoms with E-state index in [1.807, 2.05) is 0 Å². The molecule has 0 amide bonds. The first-order valence-corrected chi connectivity index (χ1v) is 6.60. The maximum absolute atomic E-state index is 6.15. The van der Waals surface area contributed by atoms with Gasteiger partial charge in [-0.25, -0.2) is 0 Å². The van der Waals surface area contributed by atoms with E-state index in [-0.39, 0.29) is 16.6 Å². The van der Waals surface area contributed by atoms with Gasteiger partial charge in [0.1, 0.15) is 0 Å². The second-order valence-corrected chi connectivity index (χ2v) is 7.47. The van der Waals surface area contributed by atoms with Gasteiger partial charge in [-0.1, -0.05) is 13.8 Å². The molecule has 0 bridgehead atoms. The highest BCUT2D eigenvalue weighted by molar-refractivity contribution is 5.00. The highest BCUT2D eigenvalue weighted by Gasteiger charge is 2.47. The molecule has 102 valence electrons. The quantitative estimate of drug-likeness (QED) is 0.822. The molecule has 2 N–H and O–H groups in total. The molecular formula is C14H30N2O. The number of hydrogen-bond donors (Lipinski definition) is 1. The largest absolute Gasteiger partial charge is 0.368 e. The first-order chi connectivity index (χ1) is 7.49. The molecular weight excluding hydrogens is 212 g/mol. The highest BCUT2D eigenvalue weighted by atomic mass is 16.5. The Balaban J connectivity index is 2.73. The molecule has 0 spiro atoms. The van der Waals surface area contributed by atoms with Crippen molar-refractivity contribution in [1.29, 1.82) is 0 Å². The Morgan fingerprint density at radius 2 is 1.82 bits per heavy atom. The van der Waals surface area contributed by atoms with Crippen LogP contribution in [0.25, 0.3) is 0 Å². The number of nitrogens with zero attached hydrogens (tertiary/aromatic N) is 1. The van der Waals surface area contributed by atoms with Crippen molar-refractivity contribution in [3.8, 4) is 0 Å². The summed E-state index contributed by atoms with van der Waals surface area (Å²) in [6, 6.07) is 0.461. The van der Waals surface area contributed by atoms with Crippen molar-refractivity contribution in [2.45, 2.75) is 65.2 Å². The van der Waals surface area contributed by atoms with Gasteiger partial charge in [0.2, 0.25) is 0 Å². The van der Waals surface area contributed by atoms with Crippen LogP contribution in [0.2, 0.25) is 0 Å². The van der Waals surface area contributed by atoms with Crippen LogP contribution in [0.3, 0.4) is 0 Å². The molecule has 3 nitrogen and oxygen atoms in total. The number of ether oxygens (including phenoxy) is 1. The lowest BCUT2D eigenvalue weighted by atomic mass is 9.88. The maximum atomic E-state index is 6.15. The van der Waals surface area contributed by atoms with E-state index in [9.17, 15) is 0 Å².